The first kappa shape index (κ1) is 8.45. The van der Waals surface area contributed by atoms with Gasteiger partial charge in [-0.3, -0.25) is 0 Å². The number of nitriles is 1. The van der Waals surface area contributed by atoms with Gasteiger partial charge in [-0.2, -0.15) is 9.99 Å². The molecule has 0 fully saturated rings. The van der Waals surface area contributed by atoms with Crippen LogP contribution in [0.3, 0.4) is 0 Å². The van der Waals surface area contributed by atoms with Crippen molar-refractivity contribution >= 4 is 10.9 Å². The maximum atomic E-state index is 12.9. The zero-order valence-electron chi connectivity index (χ0n) is 7.07. The minimum absolute atomic E-state index is 0.297. The van der Waals surface area contributed by atoms with Crippen LogP contribution in [0.5, 0.6) is 0 Å². The minimum Gasteiger partial charge on any atom is -0.618 e. The summed E-state index contributed by atoms with van der Waals surface area (Å²) in [5.74, 6) is -0.458. The zero-order chi connectivity index (χ0) is 10.1. The van der Waals surface area contributed by atoms with E-state index in [-0.39, 0.29) is 0 Å². The third kappa shape index (κ3) is 1.15. The van der Waals surface area contributed by atoms with Crippen molar-refractivity contribution < 1.29 is 9.12 Å². The third-order valence-corrected chi connectivity index (χ3v) is 1.98. The highest BCUT2D eigenvalue weighted by Gasteiger charge is 2.08. The molecule has 2 aromatic rings. The second kappa shape index (κ2) is 2.96. The molecule has 3 nitrogen and oxygen atoms in total. The van der Waals surface area contributed by atoms with Crippen LogP contribution in [0.1, 0.15) is 5.56 Å². The molecule has 0 aliphatic heterocycles. The summed E-state index contributed by atoms with van der Waals surface area (Å²) in [7, 11) is 0. The van der Waals surface area contributed by atoms with E-state index in [4.69, 9.17) is 5.26 Å². The fourth-order valence-corrected chi connectivity index (χ4v) is 1.33. The van der Waals surface area contributed by atoms with Crippen LogP contribution in [-0.2, 0) is 0 Å². The number of aromatic nitrogens is 1. The quantitative estimate of drug-likeness (QED) is 0.464. The molecule has 0 unspecified atom stereocenters. The van der Waals surface area contributed by atoms with Crippen LogP contribution in [-0.4, -0.2) is 0 Å². The summed E-state index contributed by atoms with van der Waals surface area (Å²) in [5, 5.41) is 20.3. The van der Waals surface area contributed by atoms with Crippen LogP contribution < -0.4 is 4.73 Å². The Bertz CT molecular complexity index is 546. The number of rotatable bonds is 0. The van der Waals surface area contributed by atoms with Gasteiger partial charge >= 0.3 is 0 Å². The van der Waals surface area contributed by atoms with Crippen molar-refractivity contribution in [2.24, 2.45) is 0 Å². The number of fused-ring (bicyclic) bond motifs is 1. The molecular formula is C10H5FN2O. The zero-order valence-corrected chi connectivity index (χ0v) is 7.07. The van der Waals surface area contributed by atoms with Gasteiger partial charge < -0.3 is 5.21 Å². The van der Waals surface area contributed by atoms with Crippen LogP contribution >= 0.6 is 0 Å². The van der Waals surface area contributed by atoms with Crippen molar-refractivity contribution in [2.75, 3.05) is 0 Å². The maximum absolute atomic E-state index is 12.9. The van der Waals surface area contributed by atoms with Crippen LogP contribution in [0.4, 0.5) is 4.39 Å². The molecule has 1 aromatic heterocycles. The molecule has 14 heavy (non-hydrogen) atoms. The Morgan fingerprint density at radius 1 is 1.36 bits per heavy atom. The Balaban J connectivity index is 2.94. The summed E-state index contributed by atoms with van der Waals surface area (Å²) < 4.78 is 13.5. The van der Waals surface area contributed by atoms with Gasteiger partial charge in [-0.15, -0.1) is 0 Å². The first-order chi connectivity index (χ1) is 6.72. The second-order valence-electron chi connectivity index (χ2n) is 2.83. The van der Waals surface area contributed by atoms with E-state index >= 15 is 0 Å². The van der Waals surface area contributed by atoms with Gasteiger partial charge in [-0.25, -0.2) is 4.39 Å². The molecule has 1 heterocycles. The van der Waals surface area contributed by atoms with E-state index in [2.05, 4.69) is 0 Å². The van der Waals surface area contributed by atoms with Crippen LogP contribution in [0.15, 0.2) is 30.5 Å². The predicted octanol–water partition coefficient (Wildman–Crippen LogP) is 1.48. The van der Waals surface area contributed by atoms with Gasteiger partial charge in [0, 0.05) is 12.1 Å². The van der Waals surface area contributed by atoms with E-state index < -0.39 is 5.82 Å². The fourth-order valence-electron chi connectivity index (χ4n) is 1.33. The normalized spacial score (nSPS) is 10.0. The smallest absolute Gasteiger partial charge is 0.225 e. The van der Waals surface area contributed by atoms with Gasteiger partial charge in [-0.05, 0) is 12.1 Å². The Morgan fingerprint density at radius 3 is 2.86 bits per heavy atom. The van der Waals surface area contributed by atoms with Gasteiger partial charge in [-0.1, -0.05) is 0 Å². The Labute approximate surface area is 79.2 Å². The van der Waals surface area contributed by atoms with Crippen LogP contribution in [0.2, 0.25) is 0 Å². The summed E-state index contributed by atoms with van der Waals surface area (Å²) in [5.41, 5.74) is 0.594. The molecule has 0 aliphatic rings. The van der Waals surface area contributed by atoms with E-state index in [1.165, 1.54) is 30.5 Å². The Hall–Kier alpha value is -2.15. The molecule has 0 atom stereocenters. The lowest BCUT2D eigenvalue weighted by Crippen LogP contribution is -2.26. The van der Waals surface area contributed by atoms with Crippen molar-refractivity contribution in [3.63, 3.8) is 0 Å². The number of halogens is 1. The molecule has 0 aliphatic carbocycles. The lowest BCUT2D eigenvalue weighted by Gasteiger charge is -2.01. The topological polar surface area (TPSA) is 50.7 Å². The summed E-state index contributed by atoms with van der Waals surface area (Å²) in [6, 6.07) is 7.01. The largest absolute Gasteiger partial charge is 0.618 e. The SMILES string of the molecule is N#Cc1cc[n+]([O-])c2ccc(F)cc12. The van der Waals surface area contributed by atoms with E-state index in [9.17, 15) is 9.60 Å². The fraction of sp³-hybridized carbons (Fsp3) is 0. The number of hydrogen-bond donors (Lipinski definition) is 0. The van der Waals surface area contributed by atoms with Gasteiger partial charge in [0.15, 0.2) is 6.20 Å². The van der Waals surface area contributed by atoms with E-state index in [1.807, 2.05) is 6.07 Å². The highest BCUT2D eigenvalue weighted by Crippen LogP contribution is 2.15. The molecule has 0 bridgehead atoms. The standard InChI is InChI=1S/C10H5FN2O/c11-8-1-2-10-9(5-8)7(6-12)3-4-13(10)14/h1-5H. The van der Waals surface area contributed by atoms with Crippen LogP contribution in [0.25, 0.3) is 10.9 Å². The number of benzene rings is 1. The summed E-state index contributed by atoms with van der Waals surface area (Å²) >= 11 is 0. The molecular weight excluding hydrogens is 183 g/mol. The van der Waals surface area contributed by atoms with Crippen molar-refractivity contribution in [2.45, 2.75) is 0 Å². The van der Waals surface area contributed by atoms with E-state index in [0.717, 1.165) is 0 Å². The maximum Gasteiger partial charge on any atom is 0.225 e. The molecule has 0 radical (unpaired) electrons. The molecule has 0 saturated heterocycles. The minimum atomic E-state index is -0.458. The van der Waals surface area contributed by atoms with Crippen molar-refractivity contribution in [1.82, 2.24) is 0 Å². The lowest BCUT2D eigenvalue weighted by atomic mass is 10.1. The van der Waals surface area contributed by atoms with Gasteiger partial charge in [0.2, 0.25) is 5.52 Å². The average molecular weight is 188 g/mol. The van der Waals surface area contributed by atoms with Crippen LogP contribution in [0, 0.1) is 22.4 Å². The first-order valence-electron chi connectivity index (χ1n) is 3.94. The van der Waals surface area contributed by atoms with Gasteiger partial charge in [0.25, 0.3) is 0 Å². The molecule has 0 saturated carbocycles. The molecule has 4 heteroatoms. The van der Waals surface area contributed by atoms with E-state index in [0.29, 0.717) is 21.2 Å². The monoisotopic (exact) mass is 188 g/mol. The molecule has 0 N–H and O–H groups in total. The lowest BCUT2D eigenvalue weighted by molar-refractivity contribution is -0.577. The second-order valence-corrected chi connectivity index (χ2v) is 2.83. The molecule has 0 amide bonds. The van der Waals surface area contributed by atoms with Crippen molar-refractivity contribution in [1.29, 1.82) is 5.26 Å². The van der Waals surface area contributed by atoms with Gasteiger partial charge in [0.1, 0.15) is 11.9 Å². The molecule has 0 spiro atoms. The summed E-state index contributed by atoms with van der Waals surface area (Å²) in [6.07, 6.45) is 1.23. The number of nitrogens with zero attached hydrogens (tertiary/aromatic N) is 2. The highest BCUT2D eigenvalue weighted by atomic mass is 19.1. The van der Waals surface area contributed by atoms with Crippen molar-refractivity contribution in [3.05, 3.63) is 47.1 Å². The summed E-state index contributed by atoms with van der Waals surface area (Å²) in [6.45, 7) is 0. The average Bonchev–Trinajstić information content (AvgIpc) is 2.18. The Kier molecular flexibility index (Phi) is 1.79. The summed E-state index contributed by atoms with van der Waals surface area (Å²) in [4.78, 5) is 0. The molecule has 2 rings (SSSR count). The third-order valence-electron chi connectivity index (χ3n) is 1.98. The highest BCUT2D eigenvalue weighted by molar-refractivity contribution is 5.81. The van der Waals surface area contributed by atoms with Gasteiger partial charge in [0.05, 0.1) is 10.9 Å². The predicted molar refractivity (Wildman–Crippen MR) is 47.6 cm³/mol. The molecule has 1 aromatic carbocycles. The van der Waals surface area contributed by atoms with Crippen molar-refractivity contribution in [3.8, 4) is 6.07 Å². The number of hydrogen-bond acceptors (Lipinski definition) is 2. The Morgan fingerprint density at radius 2 is 2.14 bits per heavy atom. The molecule has 68 valence electrons. The van der Waals surface area contributed by atoms with E-state index in [1.54, 1.807) is 0 Å². The number of pyridine rings is 1. The first-order valence-corrected chi connectivity index (χ1v) is 3.94.